The molecule has 3 rings (SSSR count). The molecular formula is C14H16FN5. The lowest BCUT2D eigenvalue weighted by molar-refractivity contribution is 0.622. The van der Waals surface area contributed by atoms with Gasteiger partial charge in [0.05, 0.1) is 11.4 Å². The number of nitrogens with two attached hydrogens (primary N) is 1. The molecule has 0 unspecified atom stereocenters. The summed E-state index contributed by atoms with van der Waals surface area (Å²) in [5.74, 6) is 0.371. The lowest BCUT2D eigenvalue weighted by atomic mass is 10.2. The van der Waals surface area contributed by atoms with Crippen molar-refractivity contribution in [3.05, 3.63) is 42.5 Å². The van der Waals surface area contributed by atoms with E-state index >= 15 is 0 Å². The first kappa shape index (κ1) is 12.7. The lowest BCUT2D eigenvalue weighted by Crippen LogP contribution is -2.47. The zero-order valence-corrected chi connectivity index (χ0v) is 11.0. The maximum Gasteiger partial charge on any atom is 0.225 e. The van der Waals surface area contributed by atoms with Crippen LogP contribution in [0, 0.1) is 5.82 Å². The summed E-state index contributed by atoms with van der Waals surface area (Å²) in [4.78, 5) is 12.7. The van der Waals surface area contributed by atoms with E-state index in [2.05, 4.69) is 19.8 Å². The van der Waals surface area contributed by atoms with Crippen LogP contribution >= 0.6 is 0 Å². The van der Waals surface area contributed by atoms with Gasteiger partial charge in [-0.05, 0) is 18.2 Å². The quantitative estimate of drug-likeness (QED) is 0.841. The van der Waals surface area contributed by atoms with Crippen molar-refractivity contribution < 1.29 is 4.39 Å². The van der Waals surface area contributed by atoms with E-state index in [-0.39, 0.29) is 11.5 Å². The van der Waals surface area contributed by atoms with Crippen molar-refractivity contribution >= 4 is 17.3 Å². The molecule has 2 aromatic rings. The SMILES string of the molecule is Nc1c(F)cccc1N1CCN(c2ncccn2)CC1. The van der Waals surface area contributed by atoms with Gasteiger partial charge in [-0.15, -0.1) is 0 Å². The molecule has 1 aliphatic rings. The summed E-state index contributed by atoms with van der Waals surface area (Å²) in [5, 5.41) is 0. The van der Waals surface area contributed by atoms with E-state index in [1.165, 1.54) is 6.07 Å². The van der Waals surface area contributed by atoms with Crippen molar-refractivity contribution in [2.24, 2.45) is 0 Å². The molecule has 0 spiro atoms. The van der Waals surface area contributed by atoms with E-state index in [9.17, 15) is 4.39 Å². The van der Waals surface area contributed by atoms with Crippen LogP contribution in [0.5, 0.6) is 0 Å². The number of rotatable bonds is 2. The Labute approximate surface area is 116 Å². The molecule has 0 radical (unpaired) electrons. The summed E-state index contributed by atoms with van der Waals surface area (Å²) in [6.07, 6.45) is 3.47. The molecule has 0 saturated carbocycles. The molecule has 5 nitrogen and oxygen atoms in total. The average molecular weight is 273 g/mol. The fourth-order valence-electron chi connectivity index (χ4n) is 2.40. The van der Waals surface area contributed by atoms with Gasteiger partial charge in [0.2, 0.25) is 5.95 Å². The standard InChI is InChI=1S/C14H16FN5/c15-11-3-1-4-12(13(11)16)19-7-9-20(10-8-19)14-17-5-2-6-18-14/h1-6H,7-10,16H2. The Morgan fingerprint density at radius 3 is 2.30 bits per heavy atom. The molecule has 0 atom stereocenters. The summed E-state index contributed by atoms with van der Waals surface area (Å²) >= 11 is 0. The molecule has 1 saturated heterocycles. The normalized spacial score (nSPS) is 15.4. The highest BCUT2D eigenvalue weighted by atomic mass is 19.1. The maximum atomic E-state index is 13.5. The minimum atomic E-state index is -0.365. The topological polar surface area (TPSA) is 58.3 Å². The maximum absolute atomic E-state index is 13.5. The fraction of sp³-hybridized carbons (Fsp3) is 0.286. The van der Waals surface area contributed by atoms with E-state index in [4.69, 9.17) is 5.73 Å². The molecule has 2 N–H and O–H groups in total. The Hall–Kier alpha value is -2.37. The molecular weight excluding hydrogens is 257 g/mol. The highest BCUT2D eigenvalue weighted by Crippen LogP contribution is 2.26. The number of piperazine rings is 1. The van der Waals surface area contributed by atoms with E-state index in [1.54, 1.807) is 24.5 Å². The number of hydrogen-bond acceptors (Lipinski definition) is 5. The molecule has 1 aromatic carbocycles. The number of benzene rings is 1. The van der Waals surface area contributed by atoms with Gasteiger partial charge < -0.3 is 15.5 Å². The van der Waals surface area contributed by atoms with Gasteiger partial charge in [-0.3, -0.25) is 0 Å². The average Bonchev–Trinajstić information content (AvgIpc) is 2.51. The van der Waals surface area contributed by atoms with Gasteiger partial charge in [0.25, 0.3) is 0 Å². The van der Waals surface area contributed by atoms with Crippen molar-refractivity contribution in [3.8, 4) is 0 Å². The van der Waals surface area contributed by atoms with Crippen molar-refractivity contribution in [2.45, 2.75) is 0 Å². The van der Waals surface area contributed by atoms with E-state index in [0.29, 0.717) is 0 Å². The second-order valence-corrected chi connectivity index (χ2v) is 4.70. The second kappa shape index (κ2) is 5.32. The summed E-state index contributed by atoms with van der Waals surface area (Å²) in [6.45, 7) is 3.12. The molecule has 0 aliphatic carbocycles. The highest BCUT2D eigenvalue weighted by molar-refractivity contribution is 5.68. The molecule has 0 amide bonds. The predicted octanol–water partition coefficient (Wildman–Crippen LogP) is 1.52. The number of anilines is 3. The Morgan fingerprint density at radius 1 is 0.950 bits per heavy atom. The van der Waals surface area contributed by atoms with Gasteiger partial charge in [-0.25, -0.2) is 14.4 Å². The Bertz CT molecular complexity index is 581. The van der Waals surface area contributed by atoms with Gasteiger partial charge in [-0.2, -0.15) is 0 Å². The molecule has 0 bridgehead atoms. The zero-order valence-electron chi connectivity index (χ0n) is 11.0. The first-order valence-electron chi connectivity index (χ1n) is 6.56. The number of nitrogens with zero attached hydrogens (tertiary/aromatic N) is 4. The summed E-state index contributed by atoms with van der Waals surface area (Å²) in [6, 6.07) is 6.72. The van der Waals surface area contributed by atoms with Gasteiger partial charge in [0.1, 0.15) is 5.82 Å². The van der Waals surface area contributed by atoms with Crippen LogP contribution in [0.4, 0.5) is 21.7 Å². The van der Waals surface area contributed by atoms with Crippen LogP contribution in [-0.2, 0) is 0 Å². The number of aromatic nitrogens is 2. The number of nitrogen functional groups attached to an aromatic ring is 1. The third kappa shape index (κ3) is 2.36. The van der Waals surface area contributed by atoms with Crippen LogP contribution in [0.1, 0.15) is 0 Å². The summed E-state index contributed by atoms with van der Waals surface area (Å²) < 4.78 is 13.5. The van der Waals surface area contributed by atoms with Gasteiger partial charge in [0.15, 0.2) is 0 Å². The second-order valence-electron chi connectivity index (χ2n) is 4.70. The Kier molecular flexibility index (Phi) is 3.37. The van der Waals surface area contributed by atoms with Crippen LogP contribution in [0.2, 0.25) is 0 Å². The minimum Gasteiger partial charge on any atom is -0.395 e. The van der Waals surface area contributed by atoms with Crippen LogP contribution in [-0.4, -0.2) is 36.1 Å². The largest absolute Gasteiger partial charge is 0.395 e. The van der Waals surface area contributed by atoms with Crippen LogP contribution < -0.4 is 15.5 Å². The highest BCUT2D eigenvalue weighted by Gasteiger charge is 2.20. The monoisotopic (exact) mass is 273 g/mol. The van der Waals surface area contributed by atoms with E-state index in [0.717, 1.165) is 37.8 Å². The Morgan fingerprint density at radius 2 is 1.60 bits per heavy atom. The molecule has 1 aromatic heterocycles. The molecule has 1 fully saturated rings. The molecule has 20 heavy (non-hydrogen) atoms. The summed E-state index contributed by atoms with van der Waals surface area (Å²) in [7, 11) is 0. The van der Waals surface area contributed by atoms with Gasteiger partial charge in [0, 0.05) is 38.6 Å². The van der Waals surface area contributed by atoms with Crippen LogP contribution in [0.3, 0.4) is 0 Å². The number of halogens is 1. The Balaban J connectivity index is 1.71. The number of para-hydroxylation sites is 1. The zero-order chi connectivity index (χ0) is 13.9. The number of hydrogen-bond donors (Lipinski definition) is 1. The summed E-state index contributed by atoms with van der Waals surface area (Å²) in [5.41, 5.74) is 6.79. The first-order chi connectivity index (χ1) is 9.75. The van der Waals surface area contributed by atoms with Crippen molar-refractivity contribution in [3.63, 3.8) is 0 Å². The first-order valence-corrected chi connectivity index (χ1v) is 6.56. The van der Waals surface area contributed by atoms with Crippen LogP contribution in [0.25, 0.3) is 0 Å². The third-order valence-electron chi connectivity index (χ3n) is 3.49. The molecule has 6 heteroatoms. The van der Waals surface area contributed by atoms with E-state index < -0.39 is 0 Å². The molecule has 2 heterocycles. The fourth-order valence-corrected chi connectivity index (χ4v) is 2.40. The van der Waals surface area contributed by atoms with Crippen molar-refractivity contribution in [2.75, 3.05) is 41.7 Å². The lowest BCUT2D eigenvalue weighted by Gasteiger charge is -2.36. The van der Waals surface area contributed by atoms with E-state index in [1.807, 2.05) is 6.07 Å². The van der Waals surface area contributed by atoms with Crippen molar-refractivity contribution in [1.82, 2.24) is 9.97 Å². The third-order valence-corrected chi connectivity index (χ3v) is 3.49. The predicted molar refractivity (Wildman–Crippen MR) is 77.3 cm³/mol. The molecule has 104 valence electrons. The molecule has 1 aliphatic heterocycles. The van der Waals surface area contributed by atoms with Crippen molar-refractivity contribution in [1.29, 1.82) is 0 Å². The van der Waals surface area contributed by atoms with Gasteiger partial charge >= 0.3 is 0 Å². The smallest absolute Gasteiger partial charge is 0.225 e. The minimum absolute atomic E-state index is 0.219. The van der Waals surface area contributed by atoms with Gasteiger partial charge in [-0.1, -0.05) is 6.07 Å². The van der Waals surface area contributed by atoms with Crippen LogP contribution in [0.15, 0.2) is 36.7 Å².